The lowest BCUT2D eigenvalue weighted by atomic mass is 10.2. The van der Waals surface area contributed by atoms with Crippen molar-refractivity contribution in [2.24, 2.45) is 0 Å². The highest BCUT2D eigenvalue weighted by molar-refractivity contribution is 9.08. The molecule has 0 spiro atoms. The Morgan fingerprint density at radius 1 is 0.765 bits per heavy atom. The molecule has 0 saturated heterocycles. The third-order valence-corrected chi connectivity index (χ3v) is 4.62. The molecule has 2 aromatic rings. The van der Waals surface area contributed by atoms with Gasteiger partial charge < -0.3 is 0 Å². The van der Waals surface area contributed by atoms with Crippen LogP contribution >= 0.6 is 43.6 Å². The summed E-state index contributed by atoms with van der Waals surface area (Å²) in [5, 5.41) is 1.81. The predicted molar refractivity (Wildman–Crippen MR) is 82.3 cm³/mol. The fourth-order valence-corrected chi connectivity index (χ4v) is 3.20. The molecule has 0 N–H and O–H groups in total. The molecule has 0 aliphatic rings. The van der Waals surface area contributed by atoms with E-state index in [0.717, 1.165) is 10.7 Å². The third kappa shape index (κ3) is 3.87. The molecule has 2 aromatic carbocycles. The van der Waals surface area contributed by atoms with E-state index in [0.29, 0.717) is 0 Å². The lowest BCUT2D eigenvalue weighted by Gasteiger charge is -2.04. The van der Waals surface area contributed by atoms with Gasteiger partial charge in [-0.15, -0.1) is 0 Å². The van der Waals surface area contributed by atoms with Crippen LogP contribution in [-0.4, -0.2) is 0 Å². The molecular formula is C14H12Br2S. The second-order valence-electron chi connectivity index (χ2n) is 3.66. The van der Waals surface area contributed by atoms with E-state index in [1.807, 2.05) is 0 Å². The first-order valence-corrected chi connectivity index (χ1v) is 8.35. The van der Waals surface area contributed by atoms with Gasteiger partial charge in [-0.1, -0.05) is 67.9 Å². The number of hydrogen-bond donors (Lipinski definition) is 0. The molecule has 2 rings (SSSR count). The number of benzene rings is 2. The highest BCUT2D eigenvalue weighted by Crippen LogP contribution is 2.29. The normalized spacial score (nSPS) is 10.5. The zero-order chi connectivity index (χ0) is 12.1. The van der Waals surface area contributed by atoms with Gasteiger partial charge in [0.25, 0.3) is 0 Å². The van der Waals surface area contributed by atoms with Crippen molar-refractivity contribution in [3.05, 3.63) is 59.7 Å². The smallest absolute Gasteiger partial charge is 0.0283 e. The summed E-state index contributed by atoms with van der Waals surface area (Å²) >= 11 is 8.77. The molecule has 3 heteroatoms. The molecule has 0 unspecified atom stereocenters. The molecule has 0 amide bonds. The van der Waals surface area contributed by atoms with Gasteiger partial charge >= 0.3 is 0 Å². The van der Waals surface area contributed by atoms with Crippen LogP contribution in [0.2, 0.25) is 0 Å². The molecule has 0 bridgehead atoms. The Balaban J connectivity index is 2.18. The van der Waals surface area contributed by atoms with Crippen molar-refractivity contribution in [1.82, 2.24) is 0 Å². The van der Waals surface area contributed by atoms with Gasteiger partial charge in [-0.3, -0.25) is 0 Å². The fourth-order valence-electron chi connectivity index (χ4n) is 1.52. The minimum Gasteiger partial charge on any atom is -0.0901 e. The summed E-state index contributed by atoms with van der Waals surface area (Å²) in [4.78, 5) is 2.57. The Bertz CT molecular complexity index is 452. The lowest BCUT2D eigenvalue weighted by Crippen LogP contribution is -1.80. The van der Waals surface area contributed by atoms with E-state index < -0.39 is 0 Å². The van der Waals surface area contributed by atoms with E-state index in [2.05, 4.69) is 80.4 Å². The first kappa shape index (κ1) is 13.2. The summed E-state index contributed by atoms with van der Waals surface area (Å²) in [5.74, 6) is 0. The van der Waals surface area contributed by atoms with Gasteiger partial charge in [0.15, 0.2) is 0 Å². The van der Waals surface area contributed by atoms with Crippen LogP contribution in [-0.2, 0) is 10.7 Å². The van der Waals surface area contributed by atoms with Crippen LogP contribution in [0.1, 0.15) is 11.1 Å². The summed E-state index contributed by atoms with van der Waals surface area (Å²) in [7, 11) is 0. The molecule has 0 fully saturated rings. The van der Waals surface area contributed by atoms with E-state index in [1.54, 1.807) is 11.8 Å². The van der Waals surface area contributed by atoms with Crippen molar-refractivity contribution < 1.29 is 0 Å². The maximum Gasteiger partial charge on any atom is 0.0283 e. The molecule has 17 heavy (non-hydrogen) atoms. The molecule has 0 atom stereocenters. The van der Waals surface area contributed by atoms with Crippen LogP contribution in [0.3, 0.4) is 0 Å². The van der Waals surface area contributed by atoms with Crippen LogP contribution in [0.15, 0.2) is 58.3 Å². The second kappa shape index (κ2) is 6.62. The Hall–Kier alpha value is -0.250. The van der Waals surface area contributed by atoms with Gasteiger partial charge in [0.1, 0.15) is 0 Å². The standard InChI is InChI=1S/C14H12Br2S/c15-9-11-3-1-5-13(7-11)17-14-6-2-4-12(8-14)10-16/h1-8H,9-10H2. The Morgan fingerprint density at radius 2 is 1.24 bits per heavy atom. The quantitative estimate of drug-likeness (QED) is 0.627. The minimum atomic E-state index is 0.906. The molecule has 0 saturated carbocycles. The molecule has 0 heterocycles. The van der Waals surface area contributed by atoms with Crippen molar-refractivity contribution >= 4 is 43.6 Å². The molecule has 88 valence electrons. The largest absolute Gasteiger partial charge is 0.0901 e. The average molecular weight is 372 g/mol. The first-order chi connectivity index (χ1) is 8.31. The van der Waals surface area contributed by atoms with Crippen LogP contribution in [0.25, 0.3) is 0 Å². The number of alkyl halides is 2. The number of hydrogen-bond acceptors (Lipinski definition) is 1. The van der Waals surface area contributed by atoms with Crippen LogP contribution < -0.4 is 0 Å². The van der Waals surface area contributed by atoms with E-state index >= 15 is 0 Å². The SMILES string of the molecule is BrCc1cccc(Sc2cccc(CBr)c2)c1. The monoisotopic (exact) mass is 370 g/mol. The molecule has 0 aliphatic carbocycles. The van der Waals surface area contributed by atoms with Crippen LogP contribution in [0, 0.1) is 0 Å². The minimum absolute atomic E-state index is 0.906. The van der Waals surface area contributed by atoms with Crippen LogP contribution in [0.5, 0.6) is 0 Å². The third-order valence-electron chi connectivity index (χ3n) is 2.34. The predicted octanol–water partition coefficient (Wildman–Crippen LogP) is 5.63. The summed E-state index contributed by atoms with van der Waals surface area (Å²) in [5.41, 5.74) is 2.62. The summed E-state index contributed by atoms with van der Waals surface area (Å²) in [6.07, 6.45) is 0. The Morgan fingerprint density at radius 3 is 1.65 bits per heavy atom. The van der Waals surface area contributed by atoms with Gasteiger partial charge in [-0.05, 0) is 35.4 Å². The van der Waals surface area contributed by atoms with E-state index in [1.165, 1.54) is 20.9 Å². The Labute approximate surface area is 123 Å². The number of halogens is 2. The molecular weight excluding hydrogens is 360 g/mol. The van der Waals surface area contributed by atoms with Gasteiger partial charge in [-0.2, -0.15) is 0 Å². The van der Waals surface area contributed by atoms with Gasteiger partial charge in [0, 0.05) is 20.5 Å². The first-order valence-electron chi connectivity index (χ1n) is 5.29. The maximum atomic E-state index is 3.48. The van der Waals surface area contributed by atoms with Crippen molar-refractivity contribution in [2.45, 2.75) is 20.5 Å². The summed E-state index contributed by atoms with van der Waals surface area (Å²) in [6.45, 7) is 0. The van der Waals surface area contributed by atoms with Crippen molar-refractivity contribution in [2.75, 3.05) is 0 Å². The van der Waals surface area contributed by atoms with Gasteiger partial charge in [0.05, 0.1) is 0 Å². The molecule has 0 aliphatic heterocycles. The van der Waals surface area contributed by atoms with Crippen molar-refractivity contribution in [3.63, 3.8) is 0 Å². The van der Waals surface area contributed by atoms with Gasteiger partial charge in [0.2, 0.25) is 0 Å². The van der Waals surface area contributed by atoms with Crippen LogP contribution in [0.4, 0.5) is 0 Å². The van der Waals surface area contributed by atoms with E-state index in [-0.39, 0.29) is 0 Å². The van der Waals surface area contributed by atoms with Crippen molar-refractivity contribution in [3.8, 4) is 0 Å². The van der Waals surface area contributed by atoms with E-state index in [9.17, 15) is 0 Å². The number of rotatable bonds is 4. The Kier molecular flexibility index (Phi) is 5.14. The fraction of sp³-hybridized carbons (Fsp3) is 0.143. The van der Waals surface area contributed by atoms with E-state index in [4.69, 9.17) is 0 Å². The maximum absolute atomic E-state index is 3.48. The topological polar surface area (TPSA) is 0 Å². The lowest BCUT2D eigenvalue weighted by molar-refractivity contribution is 1.31. The highest BCUT2D eigenvalue weighted by atomic mass is 79.9. The van der Waals surface area contributed by atoms with Gasteiger partial charge in [-0.25, -0.2) is 0 Å². The molecule has 0 nitrogen and oxygen atoms in total. The molecule has 0 aromatic heterocycles. The zero-order valence-electron chi connectivity index (χ0n) is 9.20. The summed E-state index contributed by atoms with van der Waals surface area (Å²) in [6, 6.07) is 17.2. The summed E-state index contributed by atoms with van der Waals surface area (Å²) < 4.78 is 0. The average Bonchev–Trinajstić information content (AvgIpc) is 2.39. The van der Waals surface area contributed by atoms with Crippen molar-refractivity contribution in [1.29, 1.82) is 0 Å². The second-order valence-corrected chi connectivity index (χ2v) is 5.93. The molecule has 0 radical (unpaired) electrons. The highest BCUT2D eigenvalue weighted by Gasteiger charge is 1.99. The zero-order valence-corrected chi connectivity index (χ0v) is 13.2.